The third kappa shape index (κ3) is 1.64. The Balaban J connectivity index is 2.42. The molecule has 13 heavy (non-hydrogen) atoms. The van der Waals surface area contributed by atoms with E-state index in [4.69, 9.17) is 0 Å². The van der Waals surface area contributed by atoms with Gasteiger partial charge in [0.25, 0.3) is 0 Å². The average Bonchev–Trinajstić information content (AvgIpc) is 2.53. The molecular formula is C12H15N. The Morgan fingerprint density at radius 2 is 2.23 bits per heavy atom. The van der Waals surface area contributed by atoms with Gasteiger partial charge in [0.2, 0.25) is 0 Å². The van der Waals surface area contributed by atoms with Crippen LogP contribution >= 0.6 is 0 Å². The maximum Gasteiger partial charge on any atom is 0.0438 e. The van der Waals surface area contributed by atoms with E-state index in [0.717, 1.165) is 19.3 Å². The van der Waals surface area contributed by atoms with E-state index in [2.05, 4.69) is 17.6 Å². The van der Waals surface area contributed by atoms with Crippen molar-refractivity contribution in [1.82, 2.24) is 0 Å². The van der Waals surface area contributed by atoms with E-state index in [0.29, 0.717) is 0 Å². The fraction of sp³-hybridized carbons (Fsp3) is 0.417. The highest BCUT2D eigenvalue weighted by Crippen LogP contribution is 2.28. The summed E-state index contributed by atoms with van der Waals surface area (Å²) in [5, 5.41) is 0. The molecule has 0 radical (unpaired) electrons. The first kappa shape index (κ1) is 8.49. The van der Waals surface area contributed by atoms with Crippen molar-refractivity contribution in [2.75, 3.05) is 0 Å². The second-order valence-corrected chi connectivity index (χ2v) is 3.56. The minimum Gasteiger partial charge on any atom is -0.261 e. The van der Waals surface area contributed by atoms with Crippen LogP contribution in [0.5, 0.6) is 0 Å². The van der Waals surface area contributed by atoms with Crippen LogP contribution in [0.1, 0.15) is 32.1 Å². The molecule has 1 heteroatoms. The summed E-state index contributed by atoms with van der Waals surface area (Å²) in [6, 6.07) is 0. The highest BCUT2D eigenvalue weighted by atomic mass is 14.7. The molecule has 1 nitrogen and oxygen atoms in total. The van der Waals surface area contributed by atoms with Gasteiger partial charge in [-0.2, -0.15) is 0 Å². The first-order valence-corrected chi connectivity index (χ1v) is 4.98. The van der Waals surface area contributed by atoms with Gasteiger partial charge < -0.3 is 0 Å². The normalized spacial score (nSPS) is 34.0. The highest BCUT2D eigenvalue weighted by Gasteiger charge is 2.18. The zero-order chi connectivity index (χ0) is 9.10. The summed E-state index contributed by atoms with van der Waals surface area (Å²) in [6.45, 7) is 3.88. The van der Waals surface area contributed by atoms with Crippen molar-refractivity contribution in [3.05, 3.63) is 36.1 Å². The van der Waals surface area contributed by atoms with Crippen LogP contribution in [0.4, 0.5) is 0 Å². The Morgan fingerprint density at radius 3 is 3.08 bits per heavy atom. The van der Waals surface area contributed by atoms with Crippen LogP contribution < -0.4 is 0 Å². The van der Waals surface area contributed by atoms with Crippen molar-refractivity contribution < 1.29 is 0 Å². The fourth-order valence-corrected chi connectivity index (χ4v) is 2.05. The lowest BCUT2D eigenvalue weighted by atomic mass is 10.0. The Hall–Kier alpha value is -1.11. The van der Waals surface area contributed by atoms with Crippen molar-refractivity contribution in [3.8, 4) is 0 Å². The predicted octanol–water partition coefficient (Wildman–Crippen LogP) is 3.40. The third-order valence-electron chi connectivity index (χ3n) is 2.74. The molecule has 0 aromatic heterocycles. The number of aliphatic imine (C=N–C) groups is 1. The van der Waals surface area contributed by atoms with E-state index < -0.39 is 0 Å². The standard InChI is InChI=1S/C12H15N/c1-2-10-6-3-4-9-13-12-8-5-7-11(10)12/h2,4,9H,1,3,5-8H2/b9-4-,11-10-,13-12+. The number of rotatable bonds is 1. The lowest BCUT2D eigenvalue weighted by Gasteiger charge is -2.08. The molecule has 0 aromatic carbocycles. The molecule has 1 aliphatic carbocycles. The molecule has 0 atom stereocenters. The summed E-state index contributed by atoms with van der Waals surface area (Å²) in [5.74, 6) is 0. The zero-order valence-electron chi connectivity index (χ0n) is 7.92. The largest absolute Gasteiger partial charge is 0.261 e. The van der Waals surface area contributed by atoms with Crippen LogP contribution in [-0.2, 0) is 0 Å². The van der Waals surface area contributed by atoms with E-state index in [1.807, 2.05) is 12.3 Å². The first-order chi connectivity index (χ1) is 6.42. The lowest BCUT2D eigenvalue weighted by Crippen LogP contribution is -1.98. The second-order valence-electron chi connectivity index (χ2n) is 3.56. The number of fused-ring (bicyclic) bond motifs is 1. The van der Waals surface area contributed by atoms with Gasteiger partial charge in [-0.3, -0.25) is 4.99 Å². The molecule has 2 aliphatic rings. The number of hydrogen-bond donors (Lipinski definition) is 0. The van der Waals surface area contributed by atoms with Crippen molar-refractivity contribution in [1.29, 1.82) is 0 Å². The summed E-state index contributed by atoms with van der Waals surface area (Å²) in [4.78, 5) is 4.47. The molecule has 1 heterocycles. The van der Waals surface area contributed by atoms with Crippen LogP contribution in [-0.4, -0.2) is 5.71 Å². The monoisotopic (exact) mass is 173 g/mol. The van der Waals surface area contributed by atoms with E-state index >= 15 is 0 Å². The summed E-state index contributed by atoms with van der Waals surface area (Å²) in [7, 11) is 0. The van der Waals surface area contributed by atoms with Gasteiger partial charge in [-0.05, 0) is 43.3 Å². The van der Waals surface area contributed by atoms with Crippen LogP contribution in [0.3, 0.4) is 0 Å². The van der Waals surface area contributed by atoms with Gasteiger partial charge in [0.05, 0.1) is 0 Å². The summed E-state index contributed by atoms with van der Waals surface area (Å²) < 4.78 is 0. The Morgan fingerprint density at radius 1 is 1.31 bits per heavy atom. The quantitative estimate of drug-likeness (QED) is 0.576. The van der Waals surface area contributed by atoms with Crippen LogP contribution in [0, 0.1) is 0 Å². The van der Waals surface area contributed by atoms with Gasteiger partial charge in [-0.25, -0.2) is 0 Å². The second kappa shape index (κ2) is 3.73. The van der Waals surface area contributed by atoms with Gasteiger partial charge >= 0.3 is 0 Å². The van der Waals surface area contributed by atoms with E-state index in [9.17, 15) is 0 Å². The number of nitrogens with zero attached hydrogens (tertiary/aromatic N) is 1. The van der Waals surface area contributed by atoms with Gasteiger partial charge in [0.1, 0.15) is 0 Å². The van der Waals surface area contributed by atoms with E-state index in [1.54, 1.807) is 0 Å². The topological polar surface area (TPSA) is 12.4 Å². The van der Waals surface area contributed by atoms with Crippen LogP contribution in [0.15, 0.2) is 41.1 Å². The molecule has 1 aliphatic heterocycles. The highest BCUT2D eigenvalue weighted by molar-refractivity contribution is 6.03. The molecular weight excluding hydrogens is 158 g/mol. The van der Waals surface area contributed by atoms with Gasteiger partial charge in [-0.1, -0.05) is 18.7 Å². The Bertz CT molecular complexity index is 305. The molecule has 0 N–H and O–H groups in total. The van der Waals surface area contributed by atoms with E-state index in [-0.39, 0.29) is 0 Å². The zero-order valence-corrected chi connectivity index (χ0v) is 7.92. The lowest BCUT2D eigenvalue weighted by molar-refractivity contribution is 0.924. The molecule has 2 rings (SSSR count). The molecule has 0 amide bonds. The van der Waals surface area contributed by atoms with Crippen LogP contribution in [0.2, 0.25) is 0 Å². The molecule has 0 spiro atoms. The first-order valence-electron chi connectivity index (χ1n) is 4.98. The third-order valence-corrected chi connectivity index (χ3v) is 2.74. The Labute approximate surface area is 79.6 Å². The molecule has 68 valence electrons. The van der Waals surface area contributed by atoms with E-state index in [1.165, 1.54) is 29.7 Å². The van der Waals surface area contributed by atoms with Crippen molar-refractivity contribution in [2.45, 2.75) is 32.1 Å². The van der Waals surface area contributed by atoms with Gasteiger partial charge in [-0.15, -0.1) is 0 Å². The van der Waals surface area contributed by atoms with Gasteiger partial charge in [0, 0.05) is 11.9 Å². The molecule has 0 saturated heterocycles. The smallest absolute Gasteiger partial charge is 0.0438 e. The van der Waals surface area contributed by atoms with Crippen molar-refractivity contribution in [3.63, 3.8) is 0 Å². The van der Waals surface area contributed by atoms with Crippen molar-refractivity contribution >= 4 is 5.71 Å². The molecule has 1 fully saturated rings. The average molecular weight is 173 g/mol. The molecule has 1 saturated carbocycles. The molecule has 0 bridgehead atoms. The molecule has 0 aromatic rings. The number of hydrogen-bond acceptors (Lipinski definition) is 1. The Kier molecular flexibility index (Phi) is 2.44. The number of allylic oxidation sites excluding steroid dienone is 4. The maximum absolute atomic E-state index is 4.47. The molecule has 0 unspecified atom stereocenters. The van der Waals surface area contributed by atoms with Crippen molar-refractivity contribution in [2.24, 2.45) is 4.99 Å². The summed E-state index contributed by atoms with van der Waals surface area (Å²) >= 11 is 0. The van der Waals surface area contributed by atoms with Gasteiger partial charge in [0.15, 0.2) is 0 Å². The summed E-state index contributed by atoms with van der Waals surface area (Å²) in [5.41, 5.74) is 4.19. The predicted molar refractivity (Wildman–Crippen MR) is 56.9 cm³/mol. The minimum absolute atomic E-state index is 1.10. The SMILES string of the molecule is C=C\C1=C2/CCC/C2=N\C=C/CC1. The maximum atomic E-state index is 4.47. The minimum atomic E-state index is 1.10. The van der Waals surface area contributed by atoms with Crippen LogP contribution in [0.25, 0.3) is 0 Å². The summed E-state index contributed by atoms with van der Waals surface area (Å²) in [6.07, 6.45) is 12.0. The fourth-order valence-electron chi connectivity index (χ4n) is 2.05.